The van der Waals surface area contributed by atoms with Gasteiger partial charge in [-0.05, 0) is 34.5 Å². The summed E-state index contributed by atoms with van der Waals surface area (Å²) in [6.07, 6.45) is 1.54. The summed E-state index contributed by atoms with van der Waals surface area (Å²) in [5.74, 6) is 0. The predicted molar refractivity (Wildman–Crippen MR) is 79.8 cm³/mol. The molecule has 0 bridgehead atoms. The van der Waals surface area contributed by atoms with Crippen LogP contribution in [0.4, 0.5) is 0 Å². The van der Waals surface area contributed by atoms with Gasteiger partial charge < -0.3 is 9.67 Å². The summed E-state index contributed by atoms with van der Waals surface area (Å²) in [5, 5.41) is 10.0. The van der Waals surface area contributed by atoms with Gasteiger partial charge in [-0.2, -0.15) is 0 Å². The lowest BCUT2D eigenvalue weighted by Crippen LogP contribution is -2.27. The lowest BCUT2D eigenvalue weighted by atomic mass is 10.1. The Labute approximate surface area is 124 Å². The maximum Gasteiger partial charge on any atom is 0.265 e. The lowest BCUT2D eigenvalue weighted by molar-refractivity contribution is 0.247. The van der Waals surface area contributed by atoms with Crippen LogP contribution in [-0.4, -0.2) is 16.3 Å². The Kier molecular flexibility index (Phi) is 4.45. The van der Waals surface area contributed by atoms with Crippen LogP contribution in [0.2, 0.25) is 5.02 Å². The van der Waals surface area contributed by atoms with Crippen molar-refractivity contribution < 1.29 is 5.11 Å². The molecule has 0 amide bonds. The zero-order valence-corrected chi connectivity index (χ0v) is 12.6. The molecular weight excluding hydrogens is 330 g/mol. The molecule has 1 atom stereocenters. The first kappa shape index (κ1) is 14.3. The molecule has 5 heteroatoms. The molecule has 0 fully saturated rings. The summed E-state index contributed by atoms with van der Waals surface area (Å²) in [6, 6.07) is 8.80. The van der Waals surface area contributed by atoms with Gasteiger partial charge in [0.1, 0.15) is 0 Å². The fourth-order valence-corrected chi connectivity index (χ4v) is 2.71. The standard InChI is InChI=1S/C14H13BrClNO2/c1-9-2-4-10(5-3-9)13(8-18)17-7-11(16)6-12(15)14(17)19/h2-7,13,18H,8H2,1H3. The molecule has 1 N–H and O–H groups in total. The maximum atomic E-state index is 12.1. The van der Waals surface area contributed by atoms with Gasteiger partial charge in [-0.3, -0.25) is 4.79 Å². The third-order valence-corrected chi connectivity index (χ3v) is 3.71. The summed E-state index contributed by atoms with van der Waals surface area (Å²) in [7, 11) is 0. The number of aryl methyl sites for hydroxylation is 1. The van der Waals surface area contributed by atoms with Gasteiger partial charge in [0.2, 0.25) is 0 Å². The molecule has 0 spiro atoms. The Bertz CT molecular complexity index is 637. The van der Waals surface area contributed by atoms with Gasteiger partial charge >= 0.3 is 0 Å². The Balaban J connectivity index is 2.54. The highest BCUT2D eigenvalue weighted by Gasteiger charge is 2.15. The van der Waals surface area contributed by atoms with Crippen LogP contribution < -0.4 is 5.56 Å². The van der Waals surface area contributed by atoms with Crippen molar-refractivity contribution in [2.24, 2.45) is 0 Å². The first-order valence-electron chi connectivity index (χ1n) is 5.77. The smallest absolute Gasteiger partial charge is 0.265 e. The number of benzene rings is 1. The number of rotatable bonds is 3. The average Bonchev–Trinajstić information content (AvgIpc) is 2.38. The Hall–Kier alpha value is -1.10. The number of hydrogen-bond donors (Lipinski definition) is 1. The number of aliphatic hydroxyl groups excluding tert-OH is 1. The third-order valence-electron chi connectivity index (χ3n) is 2.94. The summed E-state index contributed by atoms with van der Waals surface area (Å²) in [6.45, 7) is 1.82. The topological polar surface area (TPSA) is 42.2 Å². The van der Waals surface area contributed by atoms with E-state index in [1.165, 1.54) is 10.8 Å². The second-order valence-corrected chi connectivity index (χ2v) is 5.62. The zero-order chi connectivity index (χ0) is 14.0. The van der Waals surface area contributed by atoms with Gasteiger partial charge in [0.25, 0.3) is 5.56 Å². The van der Waals surface area contributed by atoms with Crippen LogP contribution in [0.5, 0.6) is 0 Å². The predicted octanol–water partition coefficient (Wildman–Crippen LogP) is 3.15. The molecule has 0 aliphatic carbocycles. The molecule has 1 aromatic carbocycles. The highest BCUT2D eigenvalue weighted by molar-refractivity contribution is 9.10. The van der Waals surface area contributed by atoms with Crippen molar-refractivity contribution >= 4 is 27.5 Å². The van der Waals surface area contributed by atoms with Crippen LogP contribution in [0.1, 0.15) is 17.2 Å². The molecule has 0 saturated heterocycles. The first-order valence-corrected chi connectivity index (χ1v) is 6.94. The number of halogens is 2. The SMILES string of the molecule is Cc1ccc(C(CO)n2cc(Cl)cc(Br)c2=O)cc1. The number of aromatic nitrogens is 1. The third kappa shape index (κ3) is 3.08. The van der Waals surface area contributed by atoms with Crippen LogP contribution in [0.3, 0.4) is 0 Å². The molecule has 1 heterocycles. The molecule has 0 aliphatic rings. The maximum absolute atomic E-state index is 12.1. The van der Waals surface area contributed by atoms with Gasteiger partial charge in [0.05, 0.1) is 22.1 Å². The quantitative estimate of drug-likeness (QED) is 0.931. The minimum Gasteiger partial charge on any atom is -0.394 e. The van der Waals surface area contributed by atoms with E-state index in [-0.39, 0.29) is 12.2 Å². The minimum absolute atomic E-state index is 0.171. The van der Waals surface area contributed by atoms with Crippen molar-refractivity contribution in [1.29, 1.82) is 0 Å². The van der Waals surface area contributed by atoms with Crippen LogP contribution in [0.25, 0.3) is 0 Å². The molecule has 2 rings (SSSR count). The fourth-order valence-electron chi connectivity index (χ4n) is 1.91. The Morgan fingerprint density at radius 3 is 2.58 bits per heavy atom. The summed E-state index contributed by atoms with van der Waals surface area (Å²) in [4.78, 5) is 12.1. The van der Waals surface area contributed by atoms with E-state index in [0.717, 1.165) is 11.1 Å². The van der Waals surface area contributed by atoms with Crippen molar-refractivity contribution in [2.45, 2.75) is 13.0 Å². The van der Waals surface area contributed by atoms with Gasteiger partial charge in [-0.25, -0.2) is 0 Å². The van der Waals surface area contributed by atoms with E-state index in [1.807, 2.05) is 31.2 Å². The number of nitrogens with zero attached hydrogens (tertiary/aromatic N) is 1. The number of pyridine rings is 1. The van der Waals surface area contributed by atoms with Crippen LogP contribution in [0.15, 0.2) is 45.8 Å². The van der Waals surface area contributed by atoms with Gasteiger partial charge in [0.15, 0.2) is 0 Å². The van der Waals surface area contributed by atoms with E-state index in [2.05, 4.69) is 15.9 Å². The van der Waals surface area contributed by atoms with E-state index >= 15 is 0 Å². The largest absolute Gasteiger partial charge is 0.394 e. The molecule has 1 aromatic heterocycles. The molecule has 100 valence electrons. The Morgan fingerprint density at radius 2 is 2.00 bits per heavy atom. The van der Waals surface area contributed by atoms with E-state index < -0.39 is 6.04 Å². The van der Waals surface area contributed by atoms with E-state index in [9.17, 15) is 9.90 Å². The summed E-state index contributed by atoms with van der Waals surface area (Å²) >= 11 is 9.14. The second kappa shape index (κ2) is 5.90. The van der Waals surface area contributed by atoms with Crippen molar-refractivity contribution in [3.05, 3.63) is 67.5 Å². The molecule has 19 heavy (non-hydrogen) atoms. The normalized spacial score (nSPS) is 12.4. The highest BCUT2D eigenvalue weighted by atomic mass is 79.9. The minimum atomic E-state index is -0.442. The first-order chi connectivity index (χ1) is 9.02. The molecule has 0 saturated carbocycles. The summed E-state index contributed by atoms with van der Waals surface area (Å²) < 4.78 is 1.82. The molecule has 0 aliphatic heterocycles. The Morgan fingerprint density at radius 1 is 1.37 bits per heavy atom. The van der Waals surface area contributed by atoms with Crippen LogP contribution >= 0.6 is 27.5 Å². The molecule has 1 unspecified atom stereocenters. The highest BCUT2D eigenvalue weighted by Crippen LogP contribution is 2.20. The molecule has 2 aromatic rings. The van der Waals surface area contributed by atoms with Crippen molar-refractivity contribution in [2.75, 3.05) is 6.61 Å². The van der Waals surface area contributed by atoms with Crippen molar-refractivity contribution in [3.63, 3.8) is 0 Å². The fraction of sp³-hybridized carbons (Fsp3) is 0.214. The van der Waals surface area contributed by atoms with Crippen molar-refractivity contribution in [3.8, 4) is 0 Å². The van der Waals surface area contributed by atoms with Gasteiger partial charge in [-0.15, -0.1) is 0 Å². The van der Waals surface area contributed by atoms with Crippen LogP contribution in [0, 0.1) is 6.92 Å². The van der Waals surface area contributed by atoms with Crippen molar-refractivity contribution in [1.82, 2.24) is 4.57 Å². The van der Waals surface area contributed by atoms with Crippen LogP contribution in [-0.2, 0) is 0 Å². The average molecular weight is 343 g/mol. The van der Waals surface area contributed by atoms with Gasteiger partial charge in [0, 0.05) is 6.20 Å². The zero-order valence-electron chi connectivity index (χ0n) is 10.3. The summed E-state index contributed by atoms with van der Waals surface area (Å²) in [5.41, 5.74) is 1.77. The molecular formula is C14H13BrClNO2. The number of hydrogen-bond acceptors (Lipinski definition) is 2. The second-order valence-electron chi connectivity index (χ2n) is 4.33. The monoisotopic (exact) mass is 341 g/mol. The molecule has 3 nitrogen and oxygen atoms in total. The van der Waals surface area contributed by atoms with E-state index in [1.54, 1.807) is 6.07 Å². The number of aliphatic hydroxyl groups is 1. The lowest BCUT2D eigenvalue weighted by Gasteiger charge is -2.18. The molecule has 0 radical (unpaired) electrons. The van der Waals surface area contributed by atoms with E-state index in [0.29, 0.717) is 9.50 Å². The van der Waals surface area contributed by atoms with E-state index in [4.69, 9.17) is 11.6 Å². The van der Waals surface area contributed by atoms with Gasteiger partial charge in [-0.1, -0.05) is 41.4 Å².